The van der Waals surface area contributed by atoms with Crippen LogP contribution in [-0.2, 0) is 9.53 Å². The third kappa shape index (κ3) is 5.95. The maximum Gasteiger partial charge on any atom is 0.338 e. The van der Waals surface area contributed by atoms with E-state index in [1.807, 2.05) is 98.1 Å². The fourth-order valence-electron chi connectivity index (χ4n) is 5.92. The Labute approximate surface area is 275 Å². The lowest BCUT2D eigenvalue weighted by molar-refractivity contribution is -0.138. The standard InChI is InChI=1S/C37H33N3O6S/c1-5-45-29-17-15-25(16-18-29)33-31(36(44)46-6-2)32(24-11-8-7-9-12-24)38-37-40(33)34(41)30(47-37)21-27-19-22(3)39(23(27)4)28-14-10-13-26(20-28)35(42)43/h7-21,33H,5-6H2,1-4H3,(H,42,43)/b30-21-/t33-/m0/s1. The predicted octanol–water partition coefficient (Wildman–Crippen LogP) is 5.44. The zero-order valence-corrected chi connectivity index (χ0v) is 27.2. The van der Waals surface area contributed by atoms with Crippen molar-refractivity contribution in [2.24, 2.45) is 4.99 Å². The van der Waals surface area contributed by atoms with Gasteiger partial charge in [0.25, 0.3) is 5.56 Å². The van der Waals surface area contributed by atoms with Gasteiger partial charge in [-0.05, 0) is 81.3 Å². The van der Waals surface area contributed by atoms with Gasteiger partial charge in [-0.2, -0.15) is 0 Å². The van der Waals surface area contributed by atoms with E-state index in [1.54, 1.807) is 29.7 Å². The third-order valence-electron chi connectivity index (χ3n) is 7.99. The van der Waals surface area contributed by atoms with Gasteiger partial charge in [-0.25, -0.2) is 14.6 Å². The first-order valence-electron chi connectivity index (χ1n) is 15.3. The van der Waals surface area contributed by atoms with Crippen LogP contribution in [0.1, 0.15) is 58.3 Å². The lowest BCUT2D eigenvalue weighted by Crippen LogP contribution is -2.40. The third-order valence-corrected chi connectivity index (χ3v) is 8.97. The Hall–Kier alpha value is -5.48. The van der Waals surface area contributed by atoms with Crippen LogP contribution in [0.25, 0.3) is 17.5 Å². The number of fused-ring (bicyclic) bond motifs is 1. The van der Waals surface area contributed by atoms with Gasteiger partial charge < -0.3 is 19.1 Å². The van der Waals surface area contributed by atoms with Gasteiger partial charge in [-0.1, -0.05) is 59.9 Å². The van der Waals surface area contributed by atoms with Gasteiger partial charge in [0.15, 0.2) is 4.80 Å². The highest BCUT2D eigenvalue weighted by Gasteiger charge is 2.35. The molecule has 238 valence electrons. The van der Waals surface area contributed by atoms with Gasteiger partial charge in [0, 0.05) is 22.6 Å². The zero-order chi connectivity index (χ0) is 33.2. The zero-order valence-electron chi connectivity index (χ0n) is 26.4. The summed E-state index contributed by atoms with van der Waals surface area (Å²) in [6.07, 6.45) is 1.83. The number of carboxylic acids is 1. The van der Waals surface area contributed by atoms with Crippen molar-refractivity contribution in [3.63, 3.8) is 0 Å². The Morgan fingerprint density at radius 2 is 1.70 bits per heavy atom. The molecule has 0 fully saturated rings. The number of rotatable bonds is 9. The Kier molecular flexibility index (Phi) is 8.78. The van der Waals surface area contributed by atoms with Crippen LogP contribution >= 0.6 is 11.3 Å². The van der Waals surface area contributed by atoms with Crippen LogP contribution in [0.3, 0.4) is 0 Å². The van der Waals surface area contributed by atoms with Crippen molar-refractivity contribution in [1.82, 2.24) is 9.13 Å². The average molecular weight is 648 g/mol. The number of esters is 1. The summed E-state index contributed by atoms with van der Waals surface area (Å²) in [5, 5.41) is 9.52. The molecule has 1 N–H and O–H groups in total. The number of hydrogen-bond acceptors (Lipinski definition) is 7. The predicted molar refractivity (Wildman–Crippen MR) is 181 cm³/mol. The van der Waals surface area contributed by atoms with E-state index in [0.717, 1.165) is 22.5 Å². The lowest BCUT2D eigenvalue weighted by atomic mass is 9.93. The van der Waals surface area contributed by atoms with Crippen molar-refractivity contribution in [2.45, 2.75) is 33.7 Å². The number of nitrogens with zero attached hydrogens (tertiary/aromatic N) is 3. The summed E-state index contributed by atoms with van der Waals surface area (Å²) in [5.74, 6) is -0.872. The Bertz CT molecular complexity index is 2210. The van der Waals surface area contributed by atoms with Gasteiger partial charge in [0.2, 0.25) is 0 Å². The largest absolute Gasteiger partial charge is 0.494 e. The molecule has 10 heteroatoms. The van der Waals surface area contributed by atoms with Crippen LogP contribution in [0.15, 0.2) is 100 Å². The molecular formula is C37H33N3O6S. The maximum atomic E-state index is 14.3. The van der Waals surface area contributed by atoms with Gasteiger partial charge in [0.1, 0.15) is 5.75 Å². The summed E-state index contributed by atoms with van der Waals surface area (Å²) in [7, 11) is 0. The fourth-order valence-corrected chi connectivity index (χ4v) is 6.91. The number of aromatic nitrogens is 2. The number of carbonyl (C=O) groups is 2. The first-order valence-corrected chi connectivity index (χ1v) is 16.1. The molecule has 0 unspecified atom stereocenters. The molecule has 0 spiro atoms. The Morgan fingerprint density at radius 3 is 2.38 bits per heavy atom. The van der Waals surface area contributed by atoms with Crippen molar-refractivity contribution in [1.29, 1.82) is 0 Å². The van der Waals surface area contributed by atoms with Crippen LogP contribution < -0.4 is 19.6 Å². The molecule has 1 aliphatic rings. The molecule has 5 aromatic rings. The molecule has 0 bridgehead atoms. The molecule has 47 heavy (non-hydrogen) atoms. The van der Waals surface area contributed by atoms with Crippen molar-refractivity contribution in [3.8, 4) is 11.4 Å². The number of benzene rings is 3. The highest BCUT2D eigenvalue weighted by molar-refractivity contribution is 7.07. The number of aromatic carboxylic acids is 1. The molecule has 1 aliphatic heterocycles. The van der Waals surface area contributed by atoms with E-state index >= 15 is 0 Å². The molecule has 0 saturated carbocycles. The maximum absolute atomic E-state index is 14.3. The highest BCUT2D eigenvalue weighted by atomic mass is 32.1. The second-order valence-electron chi connectivity index (χ2n) is 11.0. The summed E-state index contributed by atoms with van der Waals surface area (Å²) in [5.41, 5.74) is 5.31. The molecule has 2 aromatic heterocycles. The molecule has 6 rings (SSSR count). The number of hydrogen-bond donors (Lipinski definition) is 1. The molecule has 9 nitrogen and oxygen atoms in total. The summed E-state index contributed by atoms with van der Waals surface area (Å²) < 4.78 is 15.2. The Morgan fingerprint density at radius 1 is 0.957 bits per heavy atom. The number of carboxylic acid groups (broad SMARTS) is 1. The van der Waals surface area contributed by atoms with Crippen molar-refractivity contribution in [2.75, 3.05) is 13.2 Å². The van der Waals surface area contributed by atoms with E-state index in [9.17, 15) is 19.5 Å². The van der Waals surface area contributed by atoms with Gasteiger partial charge in [-0.15, -0.1) is 0 Å². The van der Waals surface area contributed by atoms with Gasteiger partial charge >= 0.3 is 11.9 Å². The minimum atomic E-state index is -1.00. The van der Waals surface area contributed by atoms with E-state index in [2.05, 4.69) is 0 Å². The second kappa shape index (κ2) is 13.1. The fraction of sp³-hybridized carbons (Fsp3) is 0.189. The number of ether oxygens (including phenoxy) is 2. The molecular weight excluding hydrogens is 614 g/mol. The summed E-state index contributed by atoms with van der Waals surface area (Å²) in [6, 6.07) is 24.7. The van der Waals surface area contributed by atoms with Crippen molar-refractivity contribution >= 4 is 35.0 Å². The normalized spacial score (nSPS) is 14.5. The summed E-state index contributed by atoms with van der Waals surface area (Å²) in [6.45, 7) is 8.18. The molecule has 0 radical (unpaired) electrons. The van der Waals surface area contributed by atoms with E-state index in [-0.39, 0.29) is 23.3 Å². The van der Waals surface area contributed by atoms with Crippen LogP contribution in [0.4, 0.5) is 0 Å². The summed E-state index contributed by atoms with van der Waals surface area (Å²) >= 11 is 1.25. The minimum absolute atomic E-state index is 0.163. The molecule has 3 aromatic carbocycles. The van der Waals surface area contributed by atoms with E-state index in [4.69, 9.17) is 14.5 Å². The smallest absolute Gasteiger partial charge is 0.338 e. The first kappa shape index (κ1) is 31.5. The summed E-state index contributed by atoms with van der Waals surface area (Å²) in [4.78, 5) is 45.1. The van der Waals surface area contributed by atoms with Crippen molar-refractivity contribution < 1.29 is 24.2 Å². The van der Waals surface area contributed by atoms with Crippen LogP contribution in [0, 0.1) is 13.8 Å². The molecule has 3 heterocycles. The number of thiazole rings is 1. The highest BCUT2D eigenvalue weighted by Crippen LogP contribution is 2.35. The quantitative estimate of drug-likeness (QED) is 0.213. The molecule has 0 aliphatic carbocycles. The van der Waals surface area contributed by atoms with E-state index in [1.165, 1.54) is 11.3 Å². The second-order valence-corrected chi connectivity index (χ2v) is 12.0. The molecule has 1 atom stereocenters. The van der Waals surface area contributed by atoms with Crippen LogP contribution in [0.2, 0.25) is 0 Å². The van der Waals surface area contributed by atoms with Crippen LogP contribution in [0.5, 0.6) is 5.75 Å². The monoisotopic (exact) mass is 647 g/mol. The number of carbonyl (C=O) groups excluding carboxylic acids is 1. The van der Waals surface area contributed by atoms with Crippen molar-refractivity contribution in [3.05, 3.63) is 144 Å². The Balaban J connectivity index is 1.57. The lowest BCUT2D eigenvalue weighted by Gasteiger charge is -2.26. The van der Waals surface area contributed by atoms with Crippen LogP contribution in [-0.4, -0.2) is 39.4 Å². The average Bonchev–Trinajstić information content (AvgIpc) is 3.54. The van der Waals surface area contributed by atoms with Gasteiger partial charge in [-0.3, -0.25) is 9.36 Å². The van der Waals surface area contributed by atoms with E-state index < -0.39 is 18.0 Å². The minimum Gasteiger partial charge on any atom is -0.494 e. The molecule has 0 saturated heterocycles. The SMILES string of the molecule is CCOC(=O)C1=C(c2ccccc2)N=c2s/c(=C\c3cc(C)n(-c4cccc(C(=O)O)c4)c3C)c(=O)n2[C@H]1c1ccc(OCC)cc1. The molecule has 0 amide bonds. The first-order chi connectivity index (χ1) is 22.7. The topological polar surface area (TPSA) is 112 Å². The van der Waals surface area contributed by atoms with Gasteiger partial charge in [0.05, 0.1) is 40.6 Å². The van der Waals surface area contributed by atoms with E-state index in [0.29, 0.717) is 38.6 Å². The number of aryl methyl sites for hydroxylation is 1.